The molecule has 0 bridgehead atoms. The van der Waals surface area contributed by atoms with Gasteiger partial charge in [-0.25, -0.2) is 0 Å². The van der Waals surface area contributed by atoms with Crippen LogP contribution < -0.4 is 4.74 Å². The van der Waals surface area contributed by atoms with Crippen LogP contribution in [0.5, 0.6) is 5.75 Å². The topological polar surface area (TPSA) is 29.5 Å². The standard InChI is InChI=1S/C21H22ClNO2/c1-25-15-7-4-6-14(12-15)20-10-5-11-23(20)21(24)18-13-17(18)16-8-2-3-9-19(16)22/h2-4,6-9,12,17-18,20H,5,10-11,13H2,1H3. The van der Waals surface area contributed by atoms with Gasteiger partial charge in [0.25, 0.3) is 0 Å². The Morgan fingerprint density at radius 1 is 1.20 bits per heavy atom. The van der Waals surface area contributed by atoms with E-state index in [-0.39, 0.29) is 23.8 Å². The van der Waals surface area contributed by atoms with E-state index in [2.05, 4.69) is 17.0 Å². The molecule has 0 aromatic heterocycles. The number of hydrogen-bond donors (Lipinski definition) is 0. The van der Waals surface area contributed by atoms with E-state index in [0.29, 0.717) is 0 Å². The maximum absolute atomic E-state index is 13.1. The molecule has 1 saturated carbocycles. The summed E-state index contributed by atoms with van der Waals surface area (Å²) < 4.78 is 5.34. The molecule has 1 saturated heterocycles. The van der Waals surface area contributed by atoms with Crippen LogP contribution in [0.1, 0.15) is 42.3 Å². The summed E-state index contributed by atoms with van der Waals surface area (Å²) in [6.07, 6.45) is 2.98. The zero-order valence-electron chi connectivity index (χ0n) is 14.3. The first-order valence-electron chi connectivity index (χ1n) is 8.88. The molecule has 2 fully saturated rings. The molecule has 1 aliphatic heterocycles. The molecule has 0 radical (unpaired) electrons. The number of likely N-dealkylation sites (tertiary alicyclic amines) is 1. The van der Waals surface area contributed by atoms with Gasteiger partial charge in [-0.3, -0.25) is 4.79 Å². The summed E-state index contributed by atoms with van der Waals surface area (Å²) in [5.74, 6) is 1.46. The highest BCUT2D eigenvalue weighted by Gasteiger charge is 2.48. The van der Waals surface area contributed by atoms with Crippen LogP contribution in [0.25, 0.3) is 0 Å². The number of hydrogen-bond acceptors (Lipinski definition) is 2. The van der Waals surface area contributed by atoms with E-state index in [1.165, 1.54) is 5.56 Å². The first-order valence-corrected chi connectivity index (χ1v) is 9.25. The number of methoxy groups -OCH3 is 1. The van der Waals surface area contributed by atoms with Gasteiger partial charge in [-0.1, -0.05) is 41.9 Å². The molecule has 3 nitrogen and oxygen atoms in total. The Labute approximate surface area is 153 Å². The van der Waals surface area contributed by atoms with Crippen molar-refractivity contribution in [3.8, 4) is 5.75 Å². The van der Waals surface area contributed by atoms with Crippen molar-refractivity contribution in [2.45, 2.75) is 31.2 Å². The lowest BCUT2D eigenvalue weighted by molar-refractivity contribution is -0.133. The van der Waals surface area contributed by atoms with E-state index in [4.69, 9.17) is 16.3 Å². The van der Waals surface area contributed by atoms with E-state index < -0.39 is 0 Å². The summed E-state index contributed by atoms with van der Waals surface area (Å²) in [5.41, 5.74) is 2.28. The third kappa shape index (κ3) is 3.13. The van der Waals surface area contributed by atoms with Crippen LogP contribution in [0, 0.1) is 5.92 Å². The molecule has 3 atom stereocenters. The summed E-state index contributed by atoms with van der Waals surface area (Å²) >= 11 is 6.31. The average molecular weight is 356 g/mol. The largest absolute Gasteiger partial charge is 0.497 e. The monoisotopic (exact) mass is 355 g/mol. The van der Waals surface area contributed by atoms with Gasteiger partial charge in [-0.2, -0.15) is 0 Å². The number of rotatable bonds is 4. The quantitative estimate of drug-likeness (QED) is 0.787. The summed E-state index contributed by atoms with van der Waals surface area (Å²) in [7, 11) is 1.68. The normalized spacial score (nSPS) is 25.0. The van der Waals surface area contributed by atoms with Crippen LogP contribution in [-0.4, -0.2) is 24.5 Å². The van der Waals surface area contributed by atoms with Crippen molar-refractivity contribution < 1.29 is 9.53 Å². The van der Waals surface area contributed by atoms with Crippen molar-refractivity contribution in [2.75, 3.05) is 13.7 Å². The summed E-state index contributed by atoms with van der Waals surface area (Å²) in [6.45, 7) is 0.840. The van der Waals surface area contributed by atoms with Crippen molar-refractivity contribution in [1.29, 1.82) is 0 Å². The van der Waals surface area contributed by atoms with Crippen molar-refractivity contribution in [1.82, 2.24) is 4.90 Å². The minimum absolute atomic E-state index is 0.0751. The first-order chi connectivity index (χ1) is 12.2. The fraction of sp³-hybridized carbons (Fsp3) is 0.381. The Morgan fingerprint density at radius 2 is 2.04 bits per heavy atom. The third-order valence-corrected chi connectivity index (χ3v) is 5.77. The Bertz CT molecular complexity index is 791. The molecule has 130 valence electrons. The lowest BCUT2D eigenvalue weighted by atomic mass is 10.0. The molecular weight excluding hydrogens is 334 g/mol. The lowest BCUT2D eigenvalue weighted by Crippen LogP contribution is -2.32. The van der Waals surface area contributed by atoms with Crippen molar-refractivity contribution in [3.63, 3.8) is 0 Å². The van der Waals surface area contributed by atoms with Crippen molar-refractivity contribution in [2.24, 2.45) is 5.92 Å². The molecule has 4 rings (SSSR count). The molecule has 25 heavy (non-hydrogen) atoms. The molecule has 4 heteroatoms. The number of carbonyl (C=O) groups excluding carboxylic acids is 1. The SMILES string of the molecule is COc1cccc(C2CCCN2C(=O)C2CC2c2ccccc2Cl)c1. The summed E-state index contributed by atoms with van der Waals surface area (Å²) in [4.78, 5) is 15.2. The fourth-order valence-corrected chi connectivity index (χ4v) is 4.30. The number of nitrogens with zero attached hydrogens (tertiary/aromatic N) is 1. The molecule has 2 aromatic rings. The average Bonchev–Trinajstić information content (AvgIpc) is 3.28. The van der Waals surface area contributed by atoms with Crippen molar-refractivity contribution in [3.05, 3.63) is 64.7 Å². The predicted octanol–water partition coefficient (Wildman–Crippen LogP) is 4.82. The Hall–Kier alpha value is -2.00. The zero-order valence-corrected chi connectivity index (χ0v) is 15.1. The summed E-state index contributed by atoms with van der Waals surface area (Å²) in [5, 5.41) is 0.772. The van der Waals surface area contributed by atoms with E-state index in [1.54, 1.807) is 7.11 Å². The highest BCUT2D eigenvalue weighted by Crippen LogP contribution is 2.51. The maximum atomic E-state index is 13.1. The van der Waals surface area contributed by atoms with Gasteiger partial charge >= 0.3 is 0 Å². The molecule has 2 aromatic carbocycles. The van der Waals surface area contributed by atoms with Gasteiger partial charge in [0.05, 0.1) is 13.2 Å². The van der Waals surface area contributed by atoms with Gasteiger partial charge < -0.3 is 9.64 Å². The zero-order chi connectivity index (χ0) is 17.4. The molecule has 1 amide bonds. The molecular formula is C21H22ClNO2. The second-order valence-electron chi connectivity index (χ2n) is 6.94. The predicted molar refractivity (Wildman–Crippen MR) is 99.0 cm³/mol. The number of halogens is 1. The van der Waals surface area contributed by atoms with Gasteiger partial charge in [-0.05, 0) is 54.5 Å². The molecule has 1 aliphatic carbocycles. The highest BCUT2D eigenvalue weighted by molar-refractivity contribution is 6.31. The Morgan fingerprint density at radius 3 is 2.84 bits per heavy atom. The van der Waals surface area contributed by atoms with Gasteiger partial charge in [0.15, 0.2) is 0 Å². The molecule has 3 unspecified atom stereocenters. The van der Waals surface area contributed by atoms with Crippen LogP contribution in [0.2, 0.25) is 5.02 Å². The van der Waals surface area contributed by atoms with E-state index in [0.717, 1.165) is 42.1 Å². The van der Waals surface area contributed by atoms with Gasteiger partial charge in [0.2, 0.25) is 5.91 Å². The molecule has 0 N–H and O–H groups in total. The van der Waals surface area contributed by atoms with Crippen LogP contribution >= 0.6 is 11.6 Å². The van der Waals surface area contributed by atoms with Crippen molar-refractivity contribution >= 4 is 17.5 Å². The van der Waals surface area contributed by atoms with E-state index >= 15 is 0 Å². The van der Waals surface area contributed by atoms with Gasteiger partial charge in [0, 0.05) is 17.5 Å². The van der Waals surface area contributed by atoms with Crippen LogP contribution in [0.3, 0.4) is 0 Å². The number of amides is 1. The molecule has 0 spiro atoms. The number of benzene rings is 2. The maximum Gasteiger partial charge on any atom is 0.226 e. The highest BCUT2D eigenvalue weighted by atomic mass is 35.5. The van der Waals surface area contributed by atoms with Crippen LogP contribution in [-0.2, 0) is 4.79 Å². The van der Waals surface area contributed by atoms with E-state index in [9.17, 15) is 4.79 Å². The van der Waals surface area contributed by atoms with E-state index in [1.807, 2.05) is 36.4 Å². The van der Waals surface area contributed by atoms with Gasteiger partial charge in [-0.15, -0.1) is 0 Å². The van der Waals surface area contributed by atoms with Crippen LogP contribution in [0.15, 0.2) is 48.5 Å². The minimum atomic E-state index is 0.0751. The number of carbonyl (C=O) groups is 1. The fourth-order valence-electron chi connectivity index (χ4n) is 4.03. The number of ether oxygens (including phenoxy) is 1. The Kier molecular flexibility index (Phi) is 4.43. The smallest absolute Gasteiger partial charge is 0.226 e. The minimum Gasteiger partial charge on any atom is -0.497 e. The second-order valence-corrected chi connectivity index (χ2v) is 7.34. The van der Waals surface area contributed by atoms with Gasteiger partial charge in [0.1, 0.15) is 5.75 Å². The van der Waals surface area contributed by atoms with Crippen LogP contribution in [0.4, 0.5) is 0 Å². The third-order valence-electron chi connectivity index (χ3n) is 5.43. The molecule has 1 heterocycles. The summed E-state index contributed by atoms with van der Waals surface area (Å²) in [6, 6.07) is 16.1. The second kappa shape index (κ2) is 6.72. The molecule has 2 aliphatic rings. The first kappa shape index (κ1) is 16.5. The Balaban J connectivity index is 1.51. The lowest BCUT2D eigenvalue weighted by Gasteiger charge is -2.25.